The summed E-state index contributed by atoms with van der Waals surface area (Å²) in [5.74, 6) is 1.81. The van der Waals surface area contributed by atoms with Crippen molar-refractivity contribution in [3.05, 3.63) is 52.9 Å². The van der Waals surface area contributed by atoms with Gasteiger partial charge in [0.05, 0.1) is 18.4 Å². The van der Waals surface area contributed by atoms with Gasteiger partial charge < -0.3 is 24.2 Å². The predicted octanol–water partition coefficient (Wildman–Crippen LogP) is 3.19. The number of benzene rings is 1. The zero-order valence-electron chi connectivity index (χ0n) is 19.7. The fourth-order valence-electron chi connectivity index (χ4n) is 4.24. The molecule has 3 heterocycles. The number of ether oxygens (including phenoxy) is 2. The molecule has 0 atom stereocenters. The zero-order chi connectivity index (χ0) is 22.2. The van der Waals surface area contributed by atoms with Gasteiger partial charge in [-0.1, -0.05) is 29.4 Å². The number of aryl methyl sites for hydroxylation is 1. The molecule has 0 saturated carbocycles. The third-order valence-corrected chi connectivity index (χ3v) is 6.04. The maximum Gasteiger partial charge on any atom is 0.194 e. The van der Waals surface area contributed by atoms with Crippen molar-refractivity contribution in [2.24, 2.45) is 4.99 Å². The van der Waals surface area contributed by atoms with Gasteiger partial charge in [0.2, 0.25) is 0 Å². The summed E-state index contributed by atoms with van der Waals surface area (Å²) in [6.07, 6.45) is 2.29. The summed E-state index contributed by atoms with van der Waals surface area (Å²) in [6.45, 7) is 9.61. The van der Waals surface area contributed by atoms with Crippen LogP contribution in [0.5, 0.6) is 0 Å². The zero-order valence-corrected chi connectivity index (χ0v) is 22.0. The highest BCUT2D eigenvalue weighted by molar-refractivity contribution is 14.0. The van der Waals surface area contributed by atoms with Crippen LogP contribution in [-0.4, -0.2) is 73.5 Å². The molecule has 2 aromatic rings. The highest BCUT2D eigenvalue weighted by Crippen LogP contribution is 2.15. The topological polar surface area (TPSA) is 75.4 Å². The Kier molecular flexibility index (Phi) is 10.4. The number of aliphatic imine (C=N–C) groups is 1. The highest BCUT2D eigenvalue weighted by atomic mass is 127. The van der Waals surface area contributed by atoms with Gasteiger partial charge in [0, 0.05) is 65.6 Å². The molecule has 33 heavy (non-hydrogen) atoms. The van der Waals surface area contributed by atoms with Gasteiger partial charge in [-0.05, 0) is 30.9 Å². The molecular weight excluding hydrogens is 533 g/mol. The van der Waals surface area contributed by atoms with Crippen molar-refractivity contribution in [3.8, 4) is 0 Å². The summed E-state index contributed by atoms with van der Waals surface area (Å²) in [4.78, 5) is 9.24. The van der Waals surface area contributed by atoms with Gasteiger partial charge in [0.25, 0.3) is 0 Å². The molecule has 4 rings (SSSR count). The molecule has 2 fully saturated rings. The van der Waals surface area contributed by atoms with Crippen LogP contribution in [0.15, 0.2) is 39.8 Å². The number of guanidine groups is 1. The molecule has 1 aromatic heterocycles. The lowest BCUT2D eigenvalue weighted by Crippen LogP contribution is -2.52. The lowest BCUT2D eigenvalue weighted by Gasteiger charge is -2.36. The fourth-order valence-corrected chi connectivity index (χ4v) is 4.24. The minimum atomic E-state index is 0. The van der Waals surface area contributed by atoms with Crippen LogP contribution in [0.1, 0.15) is 35.4 Å². The minimum absolute atomic E-state index is 0. The van der Waals surface area contributed by atoms with E-state index in [0.29, 0.717) is 12.7 Å². The van der Waals surface area contributed by atoms with E-state index in [1.54, 1.807) is 0 Å². The minimum Gasteiger partial charge on any atom is -0.381 e. The first kappa shape index (κ1) is 25.9. The third-order valence-electron chi connectivity index (χ3n) is 6.04. The van der Waals surface area contributed by atoms with E-state index in [9.17, 15) is 0 Å². The Morgan fingerprint density at radius 3 is 2.61 bits per heavy atom. The Balaban J connectivity index is 0.00000306. The lowest BCUT2D eigenvalue weighted by molar-refractivity contribution is -0.0390. The average Bonchev–Trinajstić information content (AvgIpc) is 3.24. The number of nitrogens with zero attached hydrogens (tertiary/aromatic N) is 4. The molecule has 0 spiro atoms. The Labute approximate surface area is 213 Å². The Morgan fingerprint density at radius 2 is 1.91 bits per heavy atom. The van der Waals surface area contributed by atoms with Gasteiger partial charge in [-0.3, -0.25) is 9.89 Å². The van der Waals surface area contributed by atoms with Crippen LogP contribution in [0.4, 0.5) is 0 Å². The molecule has 9 heteroatoms. The maximum atomic E-state index is 6.07. The maximum absolute atomic E-state index is 6.07. The first-order valence-electron chi connectivity index (χ1n) is 11.6. The van der Waals surface area contributed by atoms with Crippen molar-refractivity contribution < 1.29 is 14.0 Å². The molecule has 0 radical (unpaired) electrons. The number of hydrogen-bond donors (Lipinski definition) is 1. The summed E-state index contributed by atoms with van der Waals surface area (Å²) in [6, 6.07) is 10.6. The van der Waals surface area contributed by atoms with Gasteiger partial charge in [0.15, 0.2) is 5.96 Å². The summed E-state index contributed by atoms with van der Waals surface area (Å²) in [5, 5.41) is 7.64. The van der Waals surface area contributed by atoms with E-state index < -0.39 is 0 Å². The van der Waals surface area contributed by atoms with Gasteiger partial charge in [-0.25, -0.2) is 0 Å². The Bertz CT molecular complexity index is 876. The second-order valence-corrected chi connectivity index (χ2v) is 8.54. The van der Waals surface area contributed by atoms with E-state index in [1.807, 2.05) is 20.0 Å². The van der Waals surface area contributed by atoms with Gasteiger partial charge in [-0.2, -0.15) is 0 Å². The van der Waals surface area contributed by atoms with Crippen LogP contribution in [0.25, 0.3) is 0 Å². The van der Waals surface area contributed by atoms with Crippen LogP contribution in [-0.2, 0) is 29.2 Å². The quantitative estimate of drug-likeness (QED) is 0.312. The standard InChI is InChI=1S/C24H35N5O3.HI/c1-19-14-22(27-32-19)17-28-8-10-29(11-9-28)24(25-2)26-16-20-4-3-5-21(15-20)18-31-23-6-12-30-13-7-23;/h3-5,14-15,23H,6-13,16-18H2,1-2H3,(H,25,26);1H. The number of rotatable bonds is 7. The molecule has 0 unspecified atom stereocenters. The number of halogens is 1. The van der Waals surface area contributed by atoms with E-state index in [-0.39, 0.29) is 24.0 Å². The van der Waals surface area contributed by atoms with Crippen molar-refractivity contribution in [1.82, 2.24) is 20.3 Å². The van der Waals surface area contributed by atoms with Crippen LogP contribution in [0.2, 0.25) is 0 Å². The SMILES string of the molecule is CN=C(NCc1cccc(COC2CCOCC2)c1)N1CCN(Cc2cc(C)on2)CC1.I. The van der Waals surface area contributed by atoms with E-state index >= 15 is 0 Å². The van der Waals surface area contributed by atoms with Crippen molar-refractivity contribution in [2.75, 3.05) is 46.4 Å². The normalized spacial score (nSPS) is 18.2. The fraction of sp³-hybridized carbons (Fsp3) is 0.583. The number of hydrogen-bond acceptors (Lipinski definition) is 6. The van der Waals surface area contributed by atoms with Crippen LogP contribution in [0, 0.1) is 6.92 Å². The highest BCUT2D eigenvalue weighted by Gasteiger charge is 2.20. The Hall–Kier alpha value is -1.69. The van der Waals surface area contributed by atoms with Crippen molar-refractivity contribution in [1.29, 1.82) is 0 Å². The van der Waals surface area contributed by atoms with Crippen molar-refractivity contribution >= 4 is 29.9 Å². The number of nitrogens with one attached hydrogen (secondary N) is 1. The van der Waals surface area contributed by atoms with E-state index in [0.717, 1.165) is 82.7 Å². The van der Waals surface area contributed by atoms with E-state index in [2.05, 4.69) is 49.5 Å². The molecule has 182 valence electrons. The first-order valence-corrected chi connectivity index (χ1v) is 11.6. The summed E-state index contributed by atoms with van der Waals surface area (Å²) >= 11 is 0. The average molecular weight is 569 g/mol. The molecule has 2 aliphatic heterocycles. The summed E-state index contributed by atoms with van der Waals surface area (Å²) in [5.41, 5.74) is 3.45. The van der Waals surface area contributed by atoms with Crippen LogP contribution in [0.3, 0.4) is 0 Å². The first-order chi connectivity index (χ1) is 15.7. The summed E-state index contributed by atoms with van der Waals surface area (Å²) < 4.78 is 16.7. The molecule has 8 nitrogen and oxygen atoms in total. The van der Waals surface area contributed by atoms with Gasteiger partial charge >= 0.3 is 0 Å². The van der Waals surface area contributed by atoms with Gasteiger partial charge in [-0.15, -0.1) is 24.0 Å². The van der Waals surface area contributed by atoms with E-state index in [4.69, 9.17) is 14.0 Å². The van der Waals surface area contributed by atoms with Crippen molar-refractivity contribution in [3.63, 3.8) is 0 Å². The number of aromatic nitrogens is 1. The summed E-state index contributed by atoms with van der Waals surface area (Å²) in [7, 11) is 1.85. The Morgan fingerprint density at radius 1 is 1.15 bits per heavy atom. The molecule has 1 aromatic carbocycles. The third kappa shape index (κ3) is 7.94. The smallest absolute Gasteiger partial charge is 0.194 e. The molecule has 0 amide bonds. The molecule has 1 N–H and O–H groups in total. The largest absolute Gasteiger partial charge is 0.381 e. The molecule has 2 saturated heterocycles. The number of piperazine rings is 1. The van der Waals surface area contributed by atoms with Crippen LogP contribution < -0.4 is 5.32 Å². The van der Waals surface area contributed by atoms with Gasteiger partial charge in [0.1, 0.15) is 5.76 Å². The van der Waals surface area contributed by atoms with Crippen molar-refractivity contribution in [2.45, 2.75) is 45.6 Å². The monoisotopic (exact) mass is 569 g/mol. The van der Waals surface area contributed by atoms with E-state index in [1.165, 1.54) is 11.1 Å². The molecule has 0 aliphatic carbocycles. The molecule has 2 aliphatic rings. The second-order valence-electron chi connectivity index (χ2n) is 8.54. The molecular formula is C24H36IN5O3. The lowest BCUT2D eigenvalue weighted by atomic mass is 10.1. The van der Waals surface area contributed by atoms with Crippen LogP contribution >= 0.6 is 24.0 Å². The predicted molar refractivity (Wildman–Crippen MR) is 139 cm³/mol. The molecule has 0 bridgehead atoms. The second kappa shape index (κ2) is 13.3.